The molecule has 0 atom stereocenters. The predicted octanol–water partition coefficient (Wildman–Crippen LogP) is 1.70. The van der Waals surface area contributed by atoms with Crippen molar-refractivity contribution in [2.75, 3.05) is 0 Å². The van der Waals surface area contributed by atoms with Gasteiger partial charge in [0.1, 0.15) is 0 Å². The minimum Gasteiger partial charge on any atom is -0.366 e. The van der Waals surface area contributed by atoms with Crippen LogP contribution < -0.4 is 17.2 Å². The van der Waals surface area contributed by atoms with Crippen molar-refractivity contribution < 1.29 is 14.4 Å². The van der Waals surface area contributed by atoms with Crippen LogP contribution in [-0.4, -0.2) is 17.7 Å². The first kappa shape index (κ1) is 18.7. The Bertz CT molecular complexity index is 635. The standard InChI is InChI=1S/C17H25N3O3/c1-16(2,3)8-17(4,5)12-10(14(19)22)6-9(13(18)21)7-11(12)15(20)23/h6-7H,8H2,1-5H3,(H2,18,21)(H2,19,22)(H2,20,23). The lowest BCUT2D eigenvalue weighted by molar-refractivity contribution is 0.0995. The molecule has 0 aliphatic heterocycles. The molecule has 0 radical (unpaired) electrons. The van der Waals surface area contributed by atoms with Crippen LogP contribution in [0.5, 0.6) is 0 Å². The molecule has 6 nitrogen and oxygen atoms in total. The number of hydrogen-bond donors (Lipinski definition) is 3. The second kappa shape index (κ2) is 6.02. The van der Waals surface area contributed by atoms with Crippen LogP contribution in [0, 0.1) is 5.41 Å². The Labute approximate surface area is 136 Å². The van der Waals surface area contributed by atoms with E-state index in [-0.39, 0.29) is 22.1 Å². The van der Waals surface area contributed by atoms with Crippen LogP contribution in [0.15, 0.2) is 12.1 Å². The van der Waals surface area contributed by atoms with Gasteiger partial charge in [0.05, 0.1) is 0 Å². The first-order valence-electron chi connectivity index (χ1n) is 7.34. The zero-order valence-corrected chi connectivity index (χ0v) is 14.3. The highest BCUT2D eigenvalue weighted by Gasteiger charge is 2.34. The molecule has 6 N–H and O–H groups in total. The molecule has 1 aromatic carbocycles. The molecule has 0 aromatic heterocycles. The summed E-state index contributed by atoms with van der Waals surface area (Å²) in [5, 5.41) is 0. The van der Waals surface area contributed by atoms with Crippen molar-refractivity contribution in [3.8, 4) is 0 Å². The summed E-state index contributed by atoms with van der Waals surface area (Å²) in [6.07, 6.45) is 0.677. The van der Waals surface area contributed by atoms with E-state index >= 15 is 0 Å². The van der Waals surface area contributed by atoms with Crippen molar-refractivity contribution in [2.24, 2.45) is 22.6 Å². The Kier molecular flexibility index (Phi) is 4.89. The Morgan fingerprint density at radius 1 is 0.826 bits per heavy atom. The topological polar surface area (TPSA) is 129 Å². The van der Waals surface area contributed by atoms with Crippen LogP contribution in [0.4, 0.5) is 0 Å². The third-order valence-electron chi connectivity index (χ3n) is 3.60. The summed E-state index contributed by atoms with van der Waals surface area (Å²) in [7, 11) is 0. The summed E-state index contributed by atoms with van der Waals surface area (Å²) in [5.41, 5.74) is 16.3. The summed E-state index contributed by atoms with van der Waals surface area (Å²) in [6.45, 7) is 9.99. The monoisotopic (exact) mass is 319 g/mol. The fraction of sp³-hybridized carbons (Fsp3) is 0.471. The van der Waals surface area contributed by atoms with Crippen LogP contribution in [0.3, 0.4) is 0 Å². The van der Waals surface area contributed by atoms with Gasteiger partial charge in [-0.25, -0.2) is 0 Å². The van der Waals surface area contributed by atoms with Gasteiger partial charge in [-0.15, -0.1) is 0 Å². The largest absolute Gasteiger partial charge is 0.366 e. The molecule has 0 bridgehead atoms. The van der Waals surface area contributed by atoms with Gasteiger partial charge in [0.2, 0.25) is 17.7 Å². The van der Waals surface area contributed by atoms with Crippen molar-refractivity contribution >= 4 is 17.7 Å². The van der Waals surface area contributed by atoms with E-state index < -0.39 is 23.1 Å². The maximum absolute atomic E-state index is 11.9. The fourth-order valence-corrected chi connectivity index (χ4v) is 3.32. The van der Waals surface area contributed by atoms with Crippen molar-refractivity contribution in [1.29, 1.82) is 0 Å². The average Bonchev–Trinajstić information content (AvgIpc) is 2.33. The molecule has 6 heteroatoms. The zero-order valence-electron chi connectivity index (χ0n) is 14.3. The first-order valence-corrected chi connectivity index (χ1v) is 7.34. The molecule has 126 valence electrons. The third kappa shape index (κ3) is 4.31. The molecule has 0 aliphatic carbocycles. The Hall–Kier alpha value is -2.37. The Morgan fingerprint density at radius 2 is 1.22 bits per heavy atom. The minimum absolute atomic E-state index is 0.0305. The van der Waals surface area contributed by atoms with Gasteiger partial charge >= 0.3 is 0 Å². The molecule has 1 aromatic rings. The first-order chi connectivity index (χ1) is 10.3. The van der Waals surface area contributed by atoms with E-state index in [9.17, 15) is 14.4 Å². The van der Waals surface area contributed by atoms with Crippen LogP contribution >= 0.6 is 0 Å². The van der Waals surface area contributed by atoms with Gasteiger partial charge < -0.3 is 17.2 Å². The number of hydrogen-bond acceptors (Lipinski definition) is 3. The highest BCUT2D eigenvalue weighted by Crippen LogP contribution is 2.39. The van der Waals surface area contributed by atoms with Crippen molar-refractivity contribution in [3.05, 3.63) is 34.4 Å². The lowest BCUT2D eigenvalue weighted by Crippen LogP contribution is -2.33. The molecule has 0 saturated heterocycles. The summed E-state index contributed by atoms with van der Waals surface area (Å²) >= 11 is 0. The lowest BCUT2D eigenvalue weighted by atomic mass is 9.69. The van der Waals surface area contributed by atoms with Crippen molar-refractivity contribution in [2.45, 2.75) is 46.5 Å². The number of amides is 3. The number of benzene rings is 1. The number of primary amides is 3. The van der Waals surface area contributed by atoms with E-state index in [1.807, 2.05) is 13.8 Å². The second-order valence-corrected chi connectivity index (χ2v) is 7.66. The summed E-state index contributed by atoms with van der Waals surface area (Å²) in [5.74, 6) is -2.21. The van der Waals surface area contributed by atoms with Gasteiger partial charge in [-0.1, -0.05) is 34.6 Å². The van der Waals surface area contributed by atoms with Crippen LogP contribution in [-0.2, 0) is 5.41 Å². The number of rotatable bonds is 5. The predicted molar refractivity (Wildman–Crippen MR) is 89.1 cm³/mol. The summed E-state index contributed by atoms with van der Waals surface area (Å²) in [4.78, 5) is 35.3. The average molecular weight is 319 g/mol. The van der Waals surface area contributed by atoms with Crippen LogP contribution in [0.1, 0.15) is 77.7 Å². The van der Waals surface area contributed by atoms with E-state index in [1.165, 1.54) is 12.1 Å². The molecule has 0 unspecified atom stereocenters. The smallest absolute Gasteiger partial charge is 0.249 e. The molecule has 0 spiro atoms. The molecular formula is C17H25N3O3. The molecule has 0 fully saturated rings. The third-order valence-corrected chi connectivity index (χ3v) is 3.60. The molecule has 0 aliphatic rings. The van der Waals surface area contributed by atoms with Crippen molar-refractivity contribution in [3.63, 3.8) is 0 Å². The lowest BCUT2D eigenvalue weighted by Gasteiger charge is -2.35. The number of nitrogens with two attached hydrogens (primary N) is 3. The van der Waals surface area contributed by atoms with Gasteiger partial charge in [-0.3, -0.25) is 14.4 Å². The highest BCUT2D eigenvalue weighted by molar-refractivity contribution is 6.05. The van der Waals surface area contributed by atoms with Gasteiger partial charge in [-0.2, -0.15) is 0 Å². The Balaban J connectivity index is 3.78. The van der Waals surface area contributed by atoms with Crippen LogP contribution in [0.2, 0.25) is 0 Å². The van der Waals surface area contributed by atoms with Gasteiger partial charge in [-0.05, 0) is 34.9 Å². The van der Waals surface area contributed by atoms with E-state index in [0.717, 1.165) is 0 Å². The number of carbonyl (C=O) groups excluding carboxylic acids is 3. The van der Waals surface area contributed by atoms with Crippen molar-refractivity contribution in [1.82, 2.24) is 0 Å². The maximum atomic E-state index is 11.9. The minimum atomic E-state index is -0.754. The molecule has 0 saturated carbocycles. The van der Waals surface area contributed by atoms with Crippen LogP contribution in [0.25, 0.3) is 0 Å². The molecule has 0 heterocycles. The second-order valence-electron chi connectivity index (χ2n) is 7.66. The number of carbonyl (C=O) groups is 3. The molecular weight excluding hydrogens is 294 g/mol. The molecule has 3 amide bonds. The van der Waals surface area contributed by atoms with Gasteiger partial charge in [0, 0.05) is 16.7 Å². The zero-order chi connectivity index (χ0) is 18.2. The molecule has 23 heavy (non-hydrogen) atoms. The van der Waals surface area contributed by atoms with E-state index in [0.29, 0.717) is 12.0 Å². The maximum Gasteiger partial charge on any atom is 0.249 e. The Morgan fingerprint density at radius 3 is 1.48 bits per heavy atom. The van der Waals surface area contributed by atoms with E-state index in [4.69, 9.17) is 17.2 Å². The highest BCUT2D eigenvalue weighted by atomic mass is 16.2. The van der Waals surface area contributed by atoms with E-state index in [1.54, 1.807) is 0 Å². The van der Waals surface area contributed by atoms with Gasteiger partial charge in [0.15, 0.2) is 0 Å². The quantitative estimate of drug-likeness (QED) is 0.763. The van der Waals surface area contributed by atoms with E-state index in [2.05, 4.69) is 20.8 Å². The fourth-order valence-electron chi connectivity index (χ4n) is 3.32. The van der Waals surface area contributed by atoms with Gasteiger partial charge in [0.25, 0.3) is 0 Å². The summed E-state index contributed by atoms with van der Waals surface area (Å²) in [6, 6.07) is 2.66. The normalized spacial score (nSPS) is 12.0. The summed E-state index contributed by atoms with van der Waals surface area (Å²) < 4.78 is 0. The molecule has 1 rings (SSSR count). The SMILES string of the molecule is CC(C)(C)CC(C)(C)c1c(C(N)=O)cc(C(N)=O)cc1C(N)=O.